The average Bonchev–Trinajstić information content (AvgIpc) is 2.48. The van der Waals surface area contributed by atoms with Crippen molar-refractivity contribution in [2.45, 2.75) is 13.0 Å². The molecule has 0 spiro atoms. The van der Waals surface area contributed by atoms with E-state index in [1.165, 1.54) is 6.26 Å². The molecule has 0 fully saturated rings. The number of carboxylic acid groups (broad SMARTS) is 1. The van der Waals surface area contributed by atoms with E-state index in [1.54, 1.807) is 6.08 Å². The van der Waals surface area contributed by atoms with E-state index in [-0.39, 0.29) is 11.3 Å². The number of aromatic carboxylic acids is 1. The third kappa shape index (κ3) is 1.78. The second-order valence-corrected chi connectivity index (χ2v) is 2.52. The number of aliphatic hydroxyl groups excluding tert-OH is 1. The molecule has 0 amide bonds. The van der Waals surface area contributed by atoms with Crippen LogP contribution in [0.4, 0.5) is 0 Å². The molecule has 1 aromatic heterocycles. The summed E-state index contributed by atoms with van der Waals surface area (Å²) in [5.74, 6) is -1.00. The van der Waals surface area contributed by atoms with Crippen molar-refractivity contribution >= 4 is 5.97 Å². The summed E-state index contributed by atoms with van der Waals surface area (Å²) < 4.78 is 4.88. The lowest BCUT2D eigenvalue weighted by molar-refractivity contribution is 0.0690. The first-order chi connectivity index (χ1) is 6.20. The molecule has 1 heterocycles. The maximum absolute atomic E-state index is 10.7. The number of rotatable bonds is 4. The molecular formula is C9H10O4. The fourth-order valence-electron chi connectivity index (χ4n) is 1.12. The lowest BCUT2D eigenvalue weighted by atomic mass is 10.1. The molecule has 1 rings (SSSR count). The minimum absolute atomic E-state index is 0.0439. The maximum Gasteiger partial charge on any atom is 0.339 e. The Kier molecular flexibility index (Phi) is 2.87. The fourth-order valence-corrected chi connectivity index (χ4v) is 1.12. The monoisotopic (exact) mass is 182 g/mol. The molecule has 70 valence electrons. The highest BCUT2D eigenvalue weighted by Crippen LogP contribution is 2.18. The van der Waals surface area contributed by atoms with Crippen molar-refractivity contribution in [3.05, 3.63) is 35.8 Å². The summed E-state index contributed by atoms with van der Waals surface area (Å²) in [6.45, 7) is 3.09. The van der Waals surface area contributed by atoms with Gasteiger partial charge in [-0.1, -0.05) is 6.08 Å². The van der Waals surface area contributed by atoms with E-state index in [1.807, 2.05) is 0 Å². The number of aliphatic hydroxyl groups is 1. The summed E-state index contributed by atoms with van der Waals surface area (Å²) in [6.07, 6.45) is 3.33. The van der Waals surface area contributed by atoms with E-state index >= 15 is 0 Å². The highest BCUT2D eigenvalue weighted by molar-refractivity contribution is 5.90. The molecule has 0 aliphatic carbocycles. The van der Waals surface area contributed by atoms with Gasteiger partial charge in [0, 0.05) is 5.56 Å². The zero-order valence-electron chi connectivity index (χ0n) is 6.99. The largest absolute Gasteiger partial charge is 0.478 e. The number of furan rings is 1. The van der Waals surface area contributed by atoms with Gasteiger partial charge in [0.05, 0.1) is 6.26 Å². The Morgan fingerprint density at radius 2 is 2.38 bits per heavy atom. The number of hydrogen-bond acceptors (Lipinski definition) is 3. The van der Waals surface area contributed by atoms with E-state index in [9.17, 15) is 4.79 Å². The first-order valence-electron chi connectivity index (χ1n) is 3.75. The minimum Gasteiger partial charge on any atom is -0.478 e. The van der Waals surface area contributed by atoms with Crippen LogP contribution in [0.1, 0.15) is 21.7 Å². The van der Waals surface area contributed by atoms with Crippen LogP contribution in [0.3, 0.4) is 0 Å². The fraction of sp³-hybridized carbons (Fsp3) is 0.222. The number of allylic oxidation sites excluding steroid dienone is 1. The molecule has 0 aromatic carbocycles. The normalized spacial score (nSPS) is 9.92. The van der Waals surface area contributed by atoms with Gasteiger partial charge in [0.1, 0.15) is 17.9 Å². The van der Waals surface area contributed by atoms with Crippen molar-refractivity contribution in [2.75, 3.05) is 0 Å². The van der Waals surface area contributed by atoms with Gasteiger partial charge in [0.2, 0.25) is 0 Å². The van der Waals surface area contributed by atoms with Crippen LogP contribution in [0.2, 0.25) is 0 Å². The third-order valence-corrected chi connectivity index (χ3v) is 1.67. The van der Waals surface area contributed by atoms with E-state index in [0.29, 0.717) is 12.0 Å². The predicted molar refractivity (Wildman–Crippen MR) is 45.5 cm³/mol. The maximum atomic E-state index is 10.7. The predicted octanol–water partition coefficient (Wildman–Crippen LogP) is 1.20. The van der Waals surface area contributed by atoms with Crippen molar-refractivity contribution in [1.82, 2.24) is 0 Å². The zero-order valence-corrected chi connectivity index (χ0v) is 6.99. The number of hydrogen-bond donors (Lipinski definition) is 2. The minimum atomic E-state index is -1.09. The Labute approximate surface area is 75.1 Å². The van der Waals surface area contributed by atoms with Crippen LogP contribution in [0.25, 0.3) is 0 Å². The van der Waals surface area contributed by atoms with Crippen molar-refractivity contribution in [1.29, 1.82) is 0 Å². The average molecular weight is 182 g/mol. The SMILES string of the molecule is C=CCc1coc(CO)c1C(=O)O. The van der Waals surface area contributed by atoms with Crippen LogP contribution < -0.4 is 0 Å². The van der Waals surface area contributed by atoms with Crippen molar-refractivity contribution in [2.24, 2.45) is 0 Å². The van der Waals surface area contributed by atoms with Gasteiger partial charge >= 0.3 is 5.97 Å². The molecule has 0 bridgehead atoms. The molecule has 0 saturated carbocycles. The van der Waals surface area contributed by atoms with Gasteiger partial charge < -0.3 is 14.6 Å². The van der Waals surface area contributed by atoms with Crippen LogP contribution in [-0.2, 0) is 13.0 Å². The van der Waals surface area contributed by atoms with Crippen molar-refractivity contribution in [3.63, 3.8) is 0 Å². The molecule has 1 aromatic rings. The Balaban J connectivity index is 3.13. The summed E-state index contributed by atoms with van der Waals surface area (Å²) in [6, 6.07) is 0. The van der Waals surface area contributed by atoms with Crippen molar-refractivity contribution < 1.29 is 19.4 Å². The Morgan fingerprint density at radius 1 is 1.69 bits per heavy atom. The van der Waals surface area contributed by atoms with Gasteiger partial charge in [-0.3, -0.25) is 0 Å². The van der Waals surface area contributed by atoms with E-state index in [0.717, 1.165) is 0 Å². The molecule has 4 heteroatoms. The van der Waals surface area contributed by atoms with E-state index < -0.39 is 12.6 Å². The second kappa shape index (κ2) is 3.91. The highest BCUT2D eigenvalue weighted by Gasteiger charge is 2.18. The highest BCUT2D eigenvalue weighted by atomic mass is 16.4. The van der Waals surface area contributed by atoms with Gasteiger partial charge in [0.25, 0.3) is 0 Å². The Bertz CT molecular complexity index is 324. The van der Waals surface area contributed by atoms with Gasteiger partial charge in [0.15, 0.2) is 0 Å². The number of carbonyl (C=O) groups is 1. The van der Waals surface area contributed by atoms with Gasteiger partial charge in [-0.2, -0.15) is 0 Å². The van der Waals surface area contributed by atoms with Gasteiger partial charge in [-0.05, 0) is 6.42 Å². The standard InChI is InChI=1S/C9H10O4/c1-2-3-6-5-13-7(4-10)8(6)9(11)12/h2,5,10H,1,3-4H2,(H,11,12). The molecule has 13 heavy (non-hydrogen) atoms. The van der Waals surface area contributed by atoms with Crippen LogP contribution in [0.15, 0.2) is 23.3 Å². The lowest BCUT2D eigenvalue weighted by Gasteiger charge is -1.95. The van der Waals surface area contributed by atoms with E-state index in [2.05, 4.69) is 6.58 Å². The van der Waals surface area contributed by atoms with Crippen LogP contribution >= 0.6 is 0 Å². The van der Waals surface area contributed by atoms with Crippen LogP contribution in [-0.4, -0.2) is 16.2 Å². The zero-order chi connectivity index (χ0) is 9.84. The van der Waals surface area contributed by atoms with Gasteiger partial charge in [-0.15, -0.1) is 6.58 Å². The summed E-state index contributed by atoms with van der Waals surface area (Å²) in [5.41, 5.74) is 0.578. The molecular weight excluding hydrogens is 172 g/mol. The topological polar surface area (TPSA) is 70.7 Å². The van der Waals surface area contributed by atoms with Crippen LogP contribution in [0.5, 0.6) is 0 Å². The third-order valence-electron chi connectivity index (χ3n) is 1.67. The summed E-state index contributed by atoms with van der Waals surface area (Å²) in [4.78, 5) is 10.7. The molecule has 0 aliphatic heterocycles. The van der Waals surface area contributed by atoms with E-state index in [4.69, 9.17) is 14.6 Å². The van der Waals surface area contributed by atoms with Crippen LogP contribution in [0, 0.1) is 0 Å². The summed E-state index contributed by atoms with van der Waals surface area (Å²) >= 11 is 0. The summed E-state index contributed by atoms with van der Waals surface area (Å²) in [5, 5.41) is 17.6. The second-order valence-electron chi connectivity index (χ2n) is 2.52. The molecule has 0 aliphatic rings. The molecule has 0 atom stereocenters. The molecule has 0 unspecified atom stereocenters. The lowest BCUT2D eigenvalue weighted by Crippen LogP contribution is -2.02. The molecule has 0 saturated heterocycles. The van der Waals surface area contributed by atoms with Crippen molar-refractivity contribution in [3.8, 4) is 0 Å². The Hall–Kier alpha value is -1.55. The molecule has 0 radical (unpaired) electrons. The van der Waals surface area contributed by atoms with Gasteiger partial charge in [-0.25, -0.2) is 4.79 Å². The number of carboxylic acids is 1. The Morgan fingerprint density at radius 3 is 2.85 bits per heavy atom. The first kappa shape index (κ1) is 9.54. The molecule has 4 nitrogen and oxygen atoms in total. The summed E-state index contributed by atoms with van der Waals surface area (Å²) in [7, 11) is 0. The quantitative estimate of drug-likeness (QED) is 0.686. The molecule has 2 N–H and O–H groups in total. The first-order valence-corrected chi connectivity index (χ1v) is 3.75. The smallest absolute Gasteiger partial charge is 0.339 e.